The van der Waals surface area contributed by atoms with Crippen LogP contribution in [-0.4, -0.2) is 30.4 Å². The van der Waals surface area contributed by atoms with Gasteiger partial charge in [-0.15, -0.1) is 12.4 Å². The molecular weight excluding hydrogens is 361 g/mol. The largest absolute Gasteiger partial charge is 0.350 e. The fourth-order valence-corrected chi connectivity index (χ4v) is 2.79. The number of nitrogens with one attached hydrogen (secondary N) is 2. The van der Waals surface area contributed by atoms with Crippen molar-refractivity contribution in [2.24, 2.45) is 17.6 Å². The van der Waals surface area contributed by atoms with Gasteiger partial charge in [0, 0.05) is 23.2 Å². The number of carbonyl (C=O) groups excluding carboxylic acids is 2. The summed E-state index contributed by atoms with van der Waals surface area (Å²) in [5.41, 5.74) is 6.25. The van der Waals surface area contributed by atoms with Crippen molar-refractivity contribution < 1.29 is 9.59 Å². The summed E-state index contributed by atoms with van der Waals surface area (Å²) >= 11 is 5.85. The molecule has 25 heavy (non-hydrogen) atoms. The van der Waals surface area contributed by atoms with Crippen LogP contribution in [0.15, 0.2) is 24.3 Å². The lowest BCUT2D eigenvalue weighted by molar-refractivity contribution is -0.125. The zero-order chi connectivity index (χ0) is 17.7. The monoisotopic (exact) mass is 387 g/mol. The van der Waals surface area contributed by atoms with E-state index in [1.54, 1.807) is 24.3 Å². The average molecular weight is 388 g/mol. The Hall–Kier alpha value is -1.30. The lowest BCUT2D eigenvalue weighted by Gasteiger charge is -2.26. The van der Waals surface area contributed by atoms with E-state index < -0.39 is 6.04 Å². The molecule has 1 aliphatic rings. The van der Waals surface area contributed by atoms with E-state index >= 15 is 0 Å². The summed E-state index contributed by atoms with van der Waals surface area (Å²) < 4.78 is 0. The van der Waals surface area contributed by atoms with Gasteiger partial charge in [-0.3, -0.25) is 9.59 Å². The van der Waals surface area contributed by atoms with Gasteiger partial charge in [0.25, 0.3) is 5.91 Å². The van der Waals surface area contributed by atoms with Gasteiger partial charge in [-0.05, 0) is 48.9 Å². The van der Waals surface area contributed by atoms with Crippen molar-refractivity contribution >= 4 is 35.8 Å². The van der Waals surface area contributed by atoms with Crippen LogP contribution in [-0.2, 0) is 4.79 Å². The van der Waals surface area contributed by atoms with Crippen LogP contribution in [0.4, 0.5) is 0 Å². The van der Waals surface area contributed by atoms with Crippen molar-refractivity contribution in [1.82, 2.24) is 10.6 Å². The molecule has 3 atom stereocenters. The number of hydrogen-bond donors (Lipinski definition) is 3. The van der Waals surface area contributed by atoms with Gasteiger partial charge in [0.1, 0.15) is 6.04 Å². The SMILES string of the molecule is CCC(C)C(NC(=O)c1ccc(Cl)cc1)C(=O)NC(CN)C1CC1.Cl. The molecule has 1 aliphatic carbocycles. The van der Waals surface area contributed by atoms with Gasteiger partial charge >= 0.3 is 0 Å². The van der Waals surface area contributed by atoms with Gasteiger partial charge in [-0.2, -0.15) is 0 Å². The minimum absolute atomic E-state index is 0. The molecule has 0 aromatic heterocycles. The second kappa shape index (κ2) is 10.00. The normalized spacial score (nSPS) is 17.0. The van der Waals surface area contributed by atoms with Crippen LogP contribution in [0.25, 0.3) is 0 Å². The van der Waals surface area contributed by atoms with Crippen LogP contribution in [0.1, 0.15) is 43.5 Å². The Labute approximate surface area is 160 Å². The molecule has 0 saturated heterocycles. The number of benzene rings is 1. The summed E-state index contributed by atoms with van der Waals surface area (Å²) in [6.07, 6.45) is 3.00. The minimum Gasteiger partial charge on any atom is -0.350 e. The molecule has 0 heterocycles. The lowest BCUT2D eigenvalue weighted by atomic mass is 9.97. The summed E-state index contributed by atoms with van der Waals surface area (Å²) in [5.74, 6) is 0.0687. The molecule has 0 spiro atoms. The number of hydrogen-bond acceptors (Lipinski definition) is 3. The van der Waals surface area contributed by atoms with Crippen LogP contribution < -0.4 is 16.4 Å². The van der Waals surface area contributed by atoms with Gasteiger partial charge in [-0.25, -0.2) is 0 Å². The molecule has 140 valence electrons. The first-order valence-corrected chi connectivity index (χ1v) is 8.90. The Bertz CT molecular complexity index is 576. The third-order valence-corrected chi connectivity index (χ3v) is 4.91. The van der Waals surface area contributed by atoms with E-state index in [-0.39, 0.29) is 36.2 Å². The highest BCUT2D eigenvalue weighted by atomic mass is 35.5. The summed E-state index contributed by atoms with van der Waals surface area (Å²) in [7, 11) is 0. The van der Waals surface area contributed by atoms with Crippen LogP contribution in [0, 0.1) is 11.8 Å². The van der Waals surface area contributed by atoms with Gasteiger partial charge in [0.2, 0.25) is 5.91 Å². The first-order chi connectivity index (χ1) is 11.5. The third-order valence-electron chi connectivity index (χ3n) is 4.66. The van der Waals surface area contributed by atoms with Crippen LogP contribution in [0.2, 0.25) is 5.02 Å². The molecule has 0 bridgehead atoms. The second-order valence-corrected chi connectivity index (χ2v) is 6.97. The first-order valence-electron chi connectivity index (χ1n) is 8.53. The standard InChI is InChI=1S/C18H26ClN3O2.ClH/c1-3-11(2)16(18(24)21-15(10-20)12-4-5-12)22-17(23)13-6-8-14(19)9-7-13;/h6-9,11-12,15-16H,3-5,10,20H2,1-2H3,(H,21,24)(H,22,23);1H. The molecule has 2 amide bonds. The quantitative estimate of drug-likeness (QED) is 0.640. The minimum atomic E-state index is -0.578. The van der Waals surface area contributed by atoms with Crippen molar-refractivity contribution in [3.8, 4) is 0 Å². The molecule has 1 fully saturated rings. The number of halogens is 2. The van der Waals surface area contributed by atoms with Crippen LogP contribution >= 0.6 is 24.0 Å². The highest BCUT2D eigenvalue weighted by Crippen LogP contribution is 2.32. The highest BCUT2D eigenvalue weighted by Gasteiger charge is 2.34. The van der Waals surface area contributed by atoms with E-state index in [2.05, 4.69) is 10.6 Å². The molecule has 7 heteroatoms. The average Bonchev–Trinajstić information content (AvgIpc) is 3.42. The van der Waals surface area contributed by atoms with Gasteiger partial charge < -0.3 is 16.4 Å². The van der Waals surface area contributed by atoms with Gasteiger partial charge in [-0.1, -0.05) is 31.9 Å². The fraction of sp³-hybridized carbons (Fsp3) is 0.556. The first kappa shape index (κ1) is 21.7. The maximum absolute atomic E-state index is 12.7. The Balaban J connectivity index is 0.00000312. The fourth-order valence-electron chi connectivity index (χ4n) is 2.67. The van der Waals surface area contributed by atoms with Crippen LogP contribution in [0.5, 0.6) is 0 Å². The molecule has 5 nitrogen and oxygen atoms in total. The van der Waals surface area contributed by atoms with Crippen molar-refractivity contribution in [1.29, 1.82) is 0 Å². The predicted molar refractivity (Wildman–Crippen MR) is 103 cm³/mol. The van der Waals surface area contributed by atoms with E-state index in [0.717, 1.165) is 19.3 Å². The van der Waals surface area contributed by atoms with Crippen molar-refractivity contribution in [2.45, 2.75) is 45.2 Å². The maximum Gasteiger partial charge on any atom is 0.251 e. The maximum atomic E-state index is 12.7. The summed E-state index contributed by atoms with van der Waals surface area (Å²) in [6.45, 7) is 4.39. The Morgan fingerprint density at radius 2 is 1.84 bits per heavy atom. The van der Waals surface area contributed by atoms with E-state index in [1.165, 1.54) is 0 Å². The molecule has 4 N–H and O–H groups in total. The highest BCUT2D eigenvalue weighted by molar-refractivity contribution is 6.30. The lowest BCUT2D eigenvalue weighted by Crippen LogP contribution is -2.54. The van der Waals surface area contributed by atoms with Gasteiger partial charge in [0.15, 0.2) is 0 Å². The van der Waals surface area contributed by atoms with E-state index in [1.807, 2.05) is 13.8 Å². The topological polar surface area (TPSA) is 84.2 Å². The Morgan fingerprint density at radius 1 is 1.24 bits per heavy atom. The number of rotatable bonds is 8. The molecule has 2 rings (SSSR count). The summed E-state index contributed by atoms with van der Waals surface area (Å²) in [4.78, 5) is 25.1. The predicted octanol–water partition coefficient (Wildman–Crippen LogP) is 2.76. The molecular formula is C18H27Cl2N3O2. The molecule has 1 aromatic carbocycles. The van der Waals surface area contributed by atoms with Crippen molar-refractivity contribution in [3.05, 3.63) is 34.9 Å². The Morgan fingerprint density at radius 3 is 2.32 bits per heavy atom. The molecule has 0 aliphatic heterocycles. The van der Waals surface area contributed by atoms with Gasteiger partial charge in [0.05, 0.1) is 0 Å². The zero-order valence-electron chi connectivity index (χ0n) is 14.6. The van der Waals surface area contributed by atoms with E-state index in [0.29, 0.717) is 23.0 Å². The molecule has 1 aromatic rings. The van der Waals surface area contributed by atoms with Crippen molar-refractivity contribution in [2.75, 3.05) is 6.54 Å². The summed E-state index contributed by atoms with van der Waals surface area (Å²) in [6, 6.07) is 6.03. The smallest absolute Gasteiger partial charge is 0.251 e. The molecule has 0 radical (unpaired) electrons. The number of nitrogens with two attached hydrogens (primary N) is 1. The zero-order valence-corrected chi connectivity index (χ0v) is 16.2. The summed E-state index contributed by atoms with van der Waals surface area (Å²) in [5, 5.41) is 6.43. The second-order valence-electron chi connectivity index (χ2n) is 6.53. The Kier molecular flexibility index (Phi) is 8.69. The third kappa shape index (κ3) is 6.17. The van der Waals surface area contributed by atoms with Crippen molar-refractivity contribution in [3.63, 3.8) is 0 Å². The molecule has 3 unspecified atom stereocenters. The van der Waals surface area contributed by atoms with E-state index in [9.17, 15) is 9.59 Å². The number of amides is 2. The van der Waals surface area contributed by atoms with Crippen LogP contribution in [0.3, 0.4) is 0 Å². The van der Waals surface area contributed by atoms with E-state index in [4.69, 9.17) is 17.3 Å². The number of carbonyl (C=O) groups is 2. The molecule has 1 saturated carbocycles.